The van der Waals surface area contributed by atoms with Gasteiger partial charge in [0, 0.05) is 11.6 Å². The third-order valence-electron chi connectivity index (χ3n) is 4.29. The molecule has 1 rings (SSSR count). The highest BCUT2D eigenvalue weighted by Crippen LogP contribution is 2.18. The number of ether oxygens (including phenoxy) is 2. The van der Waals surface area contributed by atoms with Crippen molar-refractivity contribution in [1.29, 1.82) is 0 Å². The van der Waals surface area contributed by atoms with Crippen LogP contribution >= 0.6 is 0 Å². The summed E-state index contributed by atoms with van der Waals surface area (Å²) in [5.41, 5.74) is 0.520. The van der Waals surface area contributed by atoms with E-state index in [9.17, 15) is 14.4 Å². The van der Waals surface area contributed by atoms with Gasteiger partial charge in [-0.25, -0.2) is 4.79 Å². The largest absolute Gasteiger partial charge is 0.466 e. The number of carbonyl (C=O) groups excluding carboxylic acids is 3. The number of hydrogen-bond acceptors (Lipinski definition) is 5. The lowest BCUT2D eigenvalue weighted by Gasteiger charge is -2.24. The molecule has 0 aliphatic rings. The van der Waals surface area contributed by atoms with Crippen molar-refractivity contribution in [1.82, 2.24) is 5.32 Å². The summed E-state index contributed by atoms with van der Waals surface area (Å²) in [7, 11) is 0. The molecule has 1 N–H and O–H groups in total. The van der Waals surface area contributed by atoms with Crippen LogP contribution in [0.15, 0.2) is 55.1 Å². The molecule has 158 valence electrons. The number of esters is 2. The van der Waals surface area contributed by atoms with Crippen LogP contribution in [-0.2, 0) is 19.1 Å². The molecule has 6 heteroatoms. The topological polar surface area (TPSA) is 81.7 Å². The fourth-order valence-electron chi connectivity index (χ4n) is 2.84. The molecular weight excluding hydrogens is 370 g/mol. The quantitative estimate of drug-likeness (QED) is 0.235. The molecule has 1 aromatic rings. The van der Waals surface area contributed by atoms with E-state index in [1.54, 1.807) is 50.3 Å². The molecule has 6 nitrogen and oxygen atoms in total. The molecule has 0 bridgehead atoms. The van der Waals surface area contributed by atoms with Crippen LogP contribution in [0.4, 0.5) is 0 Å². The van der Waals surface area contributed by atoms with Crippen molar-refractivity contribution in [3.8, 4) is 0 Å². The Bertz CT molecular complexity index is 684. The fraction of sp³-hybridized carbons (Fsp3) is 0.435. The van der Waals surface area contributed by atoms with Crippen LogP contribution in [0.3, 0.4) is 0 Å². The number of benzene rings is 1. The minimum atomic E-state index is -0.531. The molecule has 0 fully saturated rings. The van der Waals surface area contributed by atoms with Gasteiger partial charge in [0.1, 0.15) is 0 Å². The fourth-order valence-corrected chi connectivity index (χ4v) is 2.84. The van der Waals surface area contributed by atoms with Crippen molar-refractivity contribution < 1.29 is 23.9 Å². The van der Waals surface area contributed by atoms with Gasteiger partial charge in [-0.1, -0.05) is 36.8 Å². The van der Waals surface area contributed by atoms with E-state index < -0.39 is 12.0 Å². The molecule has 0 aromatic heterocycles. The minimum Gasteiger partial charge on any atom is -0.466 e. The lowest BCUT2D eigenvalue weighted by Crippen LogP contribution is -2.42. The Balaban J connectivity index is 2.65. The van der Waals surface area contributed by atoms with Crippen molar-refractivity contribution in [3.63, 3.8) is 0 Å². The number of unbranched alkanes of at least 4 members (excludes halogenated alkanes) is 2. The van der Waals surface area contributed by atoms with Crippen LogP contribution in [0, 0.1) is 5.92 Å². The van der Waals surface area contributed by atoms with Crippen LogP contribution in [-0.4, -0.2) is 37.1 Å². The maximum atomic E-state index is 12.5. The average molecular weight is 402 g/mol. The molecule has 1 amide bonds. The molecule has 0 unspecified atom stereocenters. The van der Waals surface area contributed by atoms with Gasteiger partial charge in [0.25, 0.3) is 5.91 Å². The third-order valence-corrected chi connectivity index (χ3v) is 4.29. The number of allylic oxidation sites excluding steroid dienone is 1. The molecule has 0 aliphatic heterocycles. The summed E-state index contributed by atoms with van der Waals surface area (Å²) >= 11 is 0. The molecule has 0 saturated heterocycles. The van der Waals surface area contributed by atoms with Crippen LogP contribution in [0.5, 0.6) is 0 Å². The van der Waals surface area contributed by atoms with Gasteiger partial charge in [0.15, 0.2) is 0 Å². The molecule has 0 radical (unpaired) electrons. The zero-order chi connectivity index (χ0) is 21.5. The van der Waals surface area contributed by atoms with Crippen molar-refractivity contribution in [3.05, 3.63) is 60.7 Å². The van der Waals surface area contributed by atoms with E-state index >= 15 is 0 Å². The first kappa shape index (κ1) is 24.1. The van der Waals surface area contributed by atoms with Gasteiger partial charge in [-0.15, -0.1) is 6.58 Å². The summed E-state index contributed by atoms with van der Waals surface area (Å²) in [4.78, 5) is 36.2. The predicted molar refractivity (Wildman–Crippen MR) is 112 cm³/mol. The summed E-state index contributed by atoms with van der Waals surface area (Å²) in [5, 5.41) is 2.87. The smallest absolute Gasteiger partial charge is 0.330 e. The highest BCUT2D eigenvalue weighted by atomic mass is 16.5. The van der Waals surface area contributed by atoms with Crippen LogP contribution < -0.4 is 5.32 Å². The Kier molecular flexibility index (Phi) is 11.8. The van der Waals surface area contributed by atoms with Crippen LogP contribution in [0.25, 0.3) is 0 Å². The Morgan fingerprint density at radius 1 is 1.07 bits per heavy atom. The number of amides is 1. The molecule has 0 spiro atoms. The highest BCUT2D eigenvalue weighted by Gasteiger charge is 2.28. The van der Waals surface area contributed by atoms with Gasteiger partial charge in [0.05, 0.1) is 25.2 Å². The van der Waals surface area contributed by atoms with Crippen molar-refractivity contribution >= 4 is 17.8 Å². The molecular formula is C23H31NO5. The second-order valence-electron chi connectivity index (χ2n) is 6.40. The number of nitrogens with one attached hydrogen (secondary N) is 1. The zero-order valence-corrected chi connectivity index (χ0v) is 17.3. The Hall–Kier alpha value is -2.89. The normalized spacial score (nSPS) is 12.8. The molecule has 0 heterocycles. The van der Waals surface area contributed by atoms with Crippen molar-refractivity contribution in [2.24, 2.45) is 5.92 Å². The van der Waals surface area contributed by atoms with Crippen molar-refractivity contribution in [2.75, 3.05) is 13.2 Å². The van der Waals surface area contributed by atoms with E-state index in [1.165, 1.54) is 6.08 Å². The maximum Gasteiger partial charge on any atom is 0.330 e. The van der Waals surface area contributed by atoms with Crippen LogP contribution in [0.2, 0.25) is 0 Å². The van der Waals surface area contributed by atoms with Gasteiger partial charge >= 0.3 is 11.9 Å². The van der Waals surface area contributed by atoms with E-state index in [4.69, 9.17) is 9.47 Å². The zero-order valence-electron chi connectivity index (χ0n) is 17.3. The summed E-state index contributed by atoms with van der Waals surface area (Å²) in [5.74, 6) is -1.49. The minimum absolute atomic E-state index is 0.262. The first-order chi connectivity index (χ1) is 14.0. The molecule has 29 heavy (non-hydrogen) atoms. The maximum absolute atomic E-state index is 12.5. The second-order valence-corrected chi connectivity index (χ2v) is 6.40. The highest BCUT2D eigenvalue weighted by molar-refractivity contribution is 5.94. The Labute approximate surface area is 173 Å². The van der Waals surface area contributed by atoms with Crippen LogP contribution in [0.1, 0.15) is 49.9 Å². The number of carbonyl (C=O) groups is 3. The summed E-state index contributed by atoms with van der Waals surface area (Å²) in [6.45, 7) is 7.91. The third kappa shape index (κ3) is 9.23. The van der Waals surface area contributed by atoms with Gasteiger partial charge in [-0.2, -0.15) is 0 Å². The second kappa shape index (κ2) is 14.2. The molecule has 0 saturated carbocycles. The van der Waals surface area contributed by atoms with Crippen molar-refractivity contribution in [2.45, 2.75) is 45.6 Å². The Morgan fingerprint density at radius 3 is 2.38 bits per heavy atom. The first-order valence-electron chi connectivity index (χ1n) is 10.0. The molecule has 1 aromatic carbocycles. The van der Waals surface area contributed by atoms with E-state index in [2.05, 4.69) is 11.9 Å². The lowest BCUT2D eigenvalue weighted by atomic mass is 9.92. The van der Waals surface area contributed by atoms with E-state index in [0.717, 1.165) is 12.8 Å². The molecule has 2 atom stereocenters. The monoisotopic (exact) mass is 401 g/mol. The lowest BCUT2D eigenvalue weighted by molar-refractivity contribution is -0.148. The van der Waals surface area contributed by atoms with Gasteiger partial charge < -0.3 is 14.8 Å². The standard InChI is InChI=1S/C23H31NO5/c1-4-20(24-22(26)18-14-10-9-11-15-18)19(23(27)29-6-3)16-12-7-8-13-17-21(25)28-5-2/h4,9-11,13-15,17,19-20H,1,5-8,12,16H2,2-3H3,(H,24,26)/b17-13+/t19-,20+/m1/s1. The first-order valence-corrected chi connectivity index (χ1v) is 10.0. The van der Waals surface area contributed by atoms with Gasteiger partial charge in [0.2, 0.25) is 0 Å². The SMILES string of the molecule is C=C[C@H](NC(=O)c1ccccc1)[C@@H](CCCC/C=C/C(=O)OCC)C(=O)OCC. The summed E-state index contributed by atoms with van der Waals surface area (Å²) < 4.78 is 10.0. The van der Waals surface area contributed by atoms with E-state index in [-0.39, 0.29) is 24.5 Å². The van der Waals surface area contributed by atoms with Gasteiger partial charge in [-0.3, -0.25) is 9.59 Å². The Morgan fingerprint density at radius 2 is 1.76 bits per heavy atom. The predicted octanol–water partition coefficient (Wildman–Crippen LogP) is 3.83. The van der Waals surface area contributed by atoms with E-state index in [0.29, 0.717) is 25.0 Å². The number of rotatable bonds is 13. The summed E-state index contributed by atoms with van der Waals surface area (Å²) in [6, 6.07) is 8.29. The molecule has 0 aliphatic carbocycles. The number of hydrogen-bond donors (Lipinski definition) is 1. The summed E-state index contributed by atoms with van der Waals surface area (Å²) in [6.07, 6.45) is 7.52. The average Bonchev–Trinajstić information content (AvgIpc) is 2.72. The van der Waals surface area contributed by atoms with E-state index in [1.807, 2.05) is 6.07 Å². The van der Waals surface area contributed by atoms with Gasteiger partial charge in [-0.05, 0) is 45.2 Å².